The number of furan rings is 1. The summed E-state index contributed by atoms with van der Waals surface area (Å²) >= 11 is 1.04. The molecule has 0 saturated carbocycles. The average Bonchev–Trinajstić information content (AvgIpc) is 3.48. The van der Waals surface area contributed by atoms with Gasteiger partial charge in [0, 0.05) is 6.54 Å². The summed E-state index contributed by atoms with van der Waals surface area (Å²) in [5, 5.41) is 8.15. The second-order valence-electron chi connectivity index (χ2n) is 7.66. The van der Waals surface area contributed by atoms with Crippen molar-refractivity contribution in [1.29, 1.82) is 0 Å². The van der Waals surface area contributed by atoms with Gasteiger partial charge in [-0.25, -0.2) is 4.79 Å². The summed E-state index contributed by atoms with van der Waals surface area (Å²) in [6, 6.07) is 10.9. The number of hydrogen-bond acceptors (Lipinski definition) is 9. The lowest BCUT2D eigenvalue weighted by Gasteiger charge is -2.23. The molecule has 3 heterocycles. The molecule has 0 spiro atoms. The minimum absolute atomic E-state index is 0.0618. The van der Waals surface area contributed by atoms with Crippen LogP contribution >= 0.6 is 11.8 Å². The maximum atomic E-state index is 13.2. The van der Waals surface area contributed by atoms with Crippen LogP contribution in [-0.2, 0) is 11.3 Å². The molecule has 1 aromatic carbocycles. The first kappa shape index (κ1) is 24.1. The van der Waals surface area contributed by atoms with E-state index in [2.05, 4.69) is 15.2 Å². The van der Waals surface area contributed by atoms with Crippen LogP contribution in [-0.4, -0.2) is 38.0 Å². The number of hydrogen-bond donors (Lipinski definition) is 2. The first-order valence-corrected chi connectivity index (χ1v) is 11.8. The third-order valence-electron chi connectivity index (χ3n) is 5.23. The van der Waals surface area contributed by atoms with Crippen molar-refractivity contribution in [3.63, 3.8) is 0 Å². The van der Waals surface area contributed by atoms with Crippen LogP contribution in [0.2, 0.25) is 0 Å². The Morgan fingerprint density at radius 1 is 1.20 bits per heavy atom. The molecule has 0 aliphatic rings. The van der Waals surface area contributed by atoms with Gasteiger partial charge in [-0.15, -0.1) is 10.2 Å². The Balaban J connectivity index is 1.57. The monoisotopic (exact) mass is 496 g/mol. The Labute approximate surface area is 204 Å². The zero-order chi connectivity index (χ0) is 24.9. The van der Waals surface area contributed by atoms with E-state index in [1.165, 1.54) is 15.7 Å². The molecule has 182 valence electrons. The van der Waals surface area contributed by atoms with Crippen LogP contribution in [0, 0.1) is 6.92 Å². The summed E-state index contributed by atoms with van der Waals surface area (Å²) in [5.74, 6) is 0.368. The van der Waals surface area contributed by atoms with Gasteiger partial charge in [0.1, 0.15) is 11.6 Å². The van der Waals surface area contributed by atoms with Gasteiger partial charge >= 0.3 is 5.69 Å². The molecule has 11 nitrogen and oxygen atoms in total. The lowest BCUT2D eigenvalue weighted by molar-refractivity contribution is -0.116. The number of amides is 1. The van der Waals surface area contributed by atoms with E-state index in [0.717, 1.165) is 17.3 Å². The van der Waals surface area contributed by atoms with Gasteiger partial charge in [0.25, 0.3) is 16.7 Å². The molecule has 0 radical (unpaired) electrons. The van der Waals surface area contributed by atoms with Crippen LogP contribution in [0.1, 0.15) is 24.7 Å². The fraction of sp³-hybridized carbons (Fsp3) is 0.261. The molecule has 4 rings (SSSR count). The number of nitrogens with two attached hydrogens (primary N) is 1. The van der Waals surface area contributed by atoms with Crippen LogP contribution < -0.4 is 21.9 Å². The van der Waals surface area contributed by atoms with Crippen molar-refractivity contribution < 1.29 is 13.6 Å². The zero-order valence-electron chi connectivity index (χ0n) is 19.2. The highest BCUT2D eigenvalue weighted by Crippen LogP contribution is 2.27. The highest BCUT2D eigenvalue weighted by Gasteiger charge is 2.25. The second kappa shape index (κ2) is 10.5. The molecule has 0 aliphatic carbocycles. The van der Waals surface area contributed by atoms with Gasteiger partial charge < -0.3 is 19.5 Å². The number of nitrogen functional groups attached to an aromatic ring is 1. The molecule has 0 unspecified atom stereocenters. The molecule has 0 aliphatic heterocycles. The number of carbonyl (C=O) groups is 1. The fourth-order valence-electron chi connectivity index (χ4n) is 3.53. The van der Waals surface area contributed by atoms with Crippen molar-refractivity contribution >= 4 is 29.2 Å². The summed E-state index contributed by atoms with van der Waals surface area (Å²) in [5.41, 5.74) is 6.33. The van der Waals surface area contributed by atoms with Crippen molar-refractivity contribution in [1.82, 2.24) is 19.7 Å². The number of carbonyl (C=O) groups excluding carboxylic acids is 1. The number of benzene rings is 1. The van der Waals surface area contributed by atoms with E-state index in [4.69, 9.17) is 14.6 Å². The molecule has 0 saturated heterocycles. The summed E-state index contributed by atoms with van der Waals surface area (Å²) in [7, 11) is 0. The van der Waals surface area contributed by atoms with E-state index in [-0.39, 0.29) is 41.5 Å². The van der Waals surface area contributed by atoms with Gasteiger partial charge in [0.2, 0.25) is 5.91 Å². The summed E-state index contributed by atoms with van der Waals surface area (Å²) in [6.07, 6.45) is 2.09. The molecule has 0 fully saturated rings. The third-order valence-corrected chi connectivity index (χ3v) is 6.03. The normalized spacial score (nSPS) is 11.0. The molecule has 12 heteroatoms. The zero-order valence-corrected chi connectivity index (χ0v) is 20.0. The number of anilines is 2. The van der Waals surface area contributed by atoms with Crippen LogP contribution in [0.15, 0.2) is 66.3 Å². The largest absolute Gasteiger partial charge is 0.469 e. The number of thioether (sulfide) groups is 1. The minimum atomic E-state index is -0.723. The molecule has 35 heavy (non-hydrogen) atoms. The molecular weight excluding hydrogens is 472 g/mol. The Kier molecular flexibility index (Phi) is 7.20. The molecular formula is C23H24N6O5S. The molecule has 3 N–H and O–H groups in total. The minimum Gasteiger partial charge on any atom is -0.469 e. The number of aromatic amines is 1. The Hall–Kier alpha value is -4.06. The number of aromatic nitrogens is 4. The second-order valence-corrected chi connectivity index (χ2v) is 8.59. The van der Waals surface area contributed by atoms with Gasteiger partial charge in [0.15, 0.2) is 5.69 Å². The van der Waals surface area contributed by atoms with Crippen LogP contribution in [0.4, 0.5) is 11.5 Å². The van der Waals surface area contributed by atoms with Gasteiger partial charge in [-0.05, 0) is 25.0 Å². The van der Waals surface area contributed by atoms with Gasteiger partial charge in [0.05, 0.1) is 24.1 Å². The average molecular weight is 497 g/mol. The SMILES string of the molecule is CCCN(C(=O)CSc1nnc(-c2ccoc2C)o1)c1c(N)n(Cc2ccccc2)c(=O)[nH]c1=O. The van der Waals surface area contributed by atoms with Crippen molar-refractivity contribution in [3.8, 4) is 11.5 Å². The third kappa shape index (κ3) is 5.22. The summed E-state index contributed by atoms with van der Waals surface area (Å²) < 4.78 is 12.1. The lowest BCUT2D eigenvalue weighted by atomic mass is 10.2. The van der Waals surface area contributed by atoms with Crippen LogP contribution in [0.3, 0.4) is 0 Å². The van der Waals surface area contributed by atoms with E-state index in [0.29, 0.717) is 17.7 Å². The van der Waals surface area contributed by atoms with Crippen LogP contribution in [0.5, 0.6) is 0 Å². The van der Waals surface area contributed by atoms with Gasteiger partial charge in [-0.2, -0.15) is 0 Å². The summed E-state index contributed by atoms with van der Waals surface area (Å²) in [6.45, 7) is 4.03. The molecule has 4 aromatic rings. The molecule has 1 amide bonds. The Bertz CT molecular complexity index is 1440. The van der Waals surface area contributed by atoms with Crippen molar-refractivity contribution in [2.75, 3.05) is 22.9 Å². The van der Waals surface area contributed by atoms with E-state index >= 15 is 0 Å². The van der Waals surface area contributed by atoms with Gasteiger partial charge in [-0.1, -0.05) is 49.0 Å². The van der Waals surface area contributed by atoms with E-state index in [9.17, 15) is 14.4 Å². The van der Waals surface area contributed by atoms with Crippen molar-refractivity contribution in [2.45, 2.75) is 32.0 Å². The number of nitrogens with zero attached hydrogens (tertiary/aromatic N) is 4. The topological polar surface area (TPSA) is 153 Å². The quantitative estimate of drug-likeness (QED) is 0.333. The smallest absolute Gasteiger partial charge is 0.330 e. The molecule has 3 aromatic heterocycles. The van der Waals surface area contributed by atoms with Gasteiger partial charge in [-0.3, -0.25) is 19.1 Å². The number of nitrogens with one attached hydrogen (secondary N) is 1. The highest BCUT2D eigenvalue weighted by molar-refractivity contribution is 7.99. The first-order valence-electron chi connectivity index (χ1n) is 10.9. The van der Waals surface area contributed by atoms with Crippen molar-refractivity contribution in [2.24, 2.45) is 0 Å². The van der Waals surface area contributed by atoms with Crippen molar-refractivity contribution in [3.05, 3.63) is 74.8 Å². The Morgan fingerprint density at radius 2 is 1.97 bits per heavy atom. The predicted molar refractivity (Wildman–Crippen MR) is 131 cm³/mol. The predicted octanol–water partition coefficient (Wildman–Crippen LogP) is 2.65. The van der Waals surface area contributed by atoms with E-state index < -0.39 is 17.2 Å². The van der Waals surface area contributed by atoms with E-state index in [1.54, 1.807) is 13.0 Å². The van der Waals surface area contributed by atoms with Crippen LogP contribution in [0.25, 0.3) is 11.5 Å². The molecule has 0 atom stereocenters. The first-order chi connectivity index (χ1) is 16.9. The number of H-pyrrole nitrogens is 1. The highest BCUT2D eigenvalue weighted by atomic mass is 32.2. The maximum absolute atomic E-state index is 13.2. The maximum Gasteiger partial charge on any atom is 0.330 e. The number of aryl methyl sites for hydroxylation is 1. The summed E-state index contributed by atoms with van der Waals surface area (Å²) in [4.78, 5) is 41.9. The lowest BCUT2D eigenvalue weighted by Crippen LogP contribution is -2.42. The number of rotatable bonds is 9. The Morgan fingerprint density at radius 3 is 2.66 bits per heavy atom. The van der Waals surface area contributed by atoms with E-state index in [1.807, 2.05) is 37.3 Å². The standard InChI is InChI=1S/C23H24N6O5S/c1-3-10-28(17(30)13-35-23-27-26-21(34-23)16-9-11-33-14(16)2)18-19(24)29(22(32)25-20(18)31)12-15-7-5-4-6-8-15/h4-9,11H,3,10,12-13,24H2,1-2H3,(H,25,31,32). The molecule has 0 bridgehead atoms. The fourth-order valence-corrected chi connectivity index (χ4v) is 4.17.